The maximum Gasteiger partial charge on any atom is 0.124 e. The second-order valence-corrected chi connectivity index (χ2v) is 4.31. The monoisotopic (exact) mass is 261 g/mol. The van der Waals surface area contributed by atoms with Gasteiger partial charge in [0.1, 0.15) is 5.75 Å². The number of phenolic OH excluding ortho intramolecular Hbond substituents is 1. The van der Waals surface area contributed by atoms with Gasteiger partial charge in [0.25, 0.3) is 0 Å². The molecule has 92 valence electrons. The van der Waals surface area contributed by atoms with Gasteiger partial charge >= 0.3 is 0 Å². The fourth-order valence-corrected chi connectivity index (χ4v) is 1.89. The molecule has 0 aromatic heterocycles. The van der Waals surface area contributed by atoms with Crippen LogP contribution < -0.4 is 0 Å². The predicted molar refractivity (Wildman–Crippen MR) is 71.6 cm³/mol. The lowest BCUT2D eigenvalue weighted by Gasteiger charge is -2.07. The molecule has 2 N–H and O–H groups in total. The van der Waals surface area contributed by atoms with E-state index in [-0.39, 0.29) is 5.75 Å². The lowest BCUT2D eigenvalue weighted by atomic mass is 10.0. The molecule has 0 unspecified atom stereocenters. The molecule has 0 saturated carbocycles. The van der Waals surface area contributed by atoms with Crippen molar-refractivity contribution in [1.29, 1.82) is 0 Å². The molecule has 0 spiro atoms. The summed E-state index contributed by atoms with van der Waals surface area (Å²) in [5.74, 6) is 0.0446. The molecule has 3 nitrogen and oxygen atoms in total. The molecule has 2 aromatic carbocycles. The van der Waals surface area contributed by atoms with Crippen LogP contribution in [0.2, 0.25) is 5.02 Å². The average Bonchev–Trinajstić information content (AvgIpc) is 2.40. The minimum atomic E-state index is 0.0446. The van der Waals surface area contributed by atoms with Crippen molar-refractivity contribution in [3.63, 3.8) is 0 Å². The Kier molecular flexibility index (Phi) is 3.85. The largest absolute Gasteiger partial charge is 0.507 e. The van der Waals surface area contributed by atoms with E-state index in [2.05, 4.69) is 5.16 Å². The maximum absolute atomic E-state index is 9.76. The number of aromatic hydroxyl groups is 1. The molecule has 0 aliphatic rings. The van der Waals surface area contributed by atoms with Crippen LogP contribution in [0.1, 0.15) is 11.1 Å². The van der Waals surface area contributed by atoms with Crippen molar-refractivity contribution in [2.45, 2.75) is 6.42 Å². The first-order valence-electron chi connectivity index (χ1n) is 5.44. The van der Waals surface area contributed by atoms with E-state index in [9.17, 15) is 5.11 Å². The van der Waals surface area contributed by atoms with Gasteiger partial charge < -0.3 is 10.3 Å². The number of benzene rings is 2. The molecule has 0 heterocycles. The third-order valence-corrected chi connectivity index (χ3v) is 2.84. The summed E-state index contributed by atoms with van der Waals surface area (Å²) in [7, 11) is 0. The SMILES string of the molecule is O/N=C(\Cc1ccccc1)c1cc(Cl)ccc1O. The normalized spacial score (nSPS) is 11.5. The van der Waals surface area contributed by atoms with E-state index >= 15 is 0 Å². The standard InChI is InChI=1S/C14H12ClNO2/c15-11-6-7-14(17)12(9-11)13(16-18)8-10-4-2-1-3-5-10/h1-7,9,17-18H,8H2/b16-13+. The molecular weight excluding hydrogens is 250 g/mol. The van der Waals surface area contributed by atoms with Crippen molar-refractivity contribution in [2.75, 3.05) is 0 Å². The smallest absolute Gasteiger partial charge is 0.124 e. The summed E-state index contributed by atoms with van der Waals surface area (Å²) < 4.78 is 0. The van der Waals surface area contributed by atoms with Crippen LogP contribution in [0, 0.1) is 0 Å². The summed E-state index contributed by atoms with van der Waals surface area (Å²) in [6, 6.07) is 14.2. The van der Waals surface area contributed by atoms with Crippen molar-refractivity contribution in [2.24, 2.45) is 5.16 Å². The van der Waals surface area contributed by atoms with Crippen LogP contribution in [0.5, 0.6) is 5.75 Å². The minimum absolute atomic E-state index is 0.0446. The van der Waals surface area contributed by atoms with E-state index in [1.54, 1.807) is 12.1 Å². The first-order chi connectivity index (χ1) is 8.70. The van der Waals surface area contributed by atoms with Gasteiger partial charge in [-0.2, -0.15) is 0 Å². The molecule has 0 bridgehead atoms. The van der Waals surface area contributed by atoms with Crippen LogP contribution in [-0.2, 0) is 6.42 Å². The molecule has 0 radical (unpaired) electrons. The van der Waals surface area contributed by atoms with Gasteiger partial charge in [0, 0.05) is 17.0 Å². The molecule has 0 aliphatic heterocycles. The van der Waals surface area contributed by atoms with Crippen molar-refractivity contribution in [1.82, 2.24) is 0 Å². The van der Waals surface area contributed by atoms with E-state index in [0.29, 0.717) is 22.7 Å². The van der Waals surface area contributed by atoms with Gasteiger partial charge in [-0.15, -0.1) is 0 Å². The molecule has 0 amide bonds. The van der Waals surface area contributed by atoms with E-state index in [1.807, 2.05) is 30.3 Å². The van der Waals surface area contributed by atoms with E-state index in [1.165, 1.54) is 6.07 Å². The quantitative estimate of drug-likeness (QED) is 0.505. The molecule has 0 atom stereocenters. The summed E-state index contributed by atoms with van der Waals surface area (Å²) in [5.41, 5.74) is 1.81. The molecule has 0 saturated heterocycles. The lowest BCUT2D eigenvalue weighted by molar-refractivity contribution is 0.318. The van der Waals surface area contributed by atoms with Gasteiger partial charge in [-0.1, -0.05) is 47.1 Å². The fraction of sp³-hybridized carbons (Fsp3) is 0.0714. The van der Waals surface area contributed by atoms with E-state index in [0.717, 1.165) is 5.56 Å². The number of hydrogen-bond acceptors (Lipinski definition) is 3. The zero-order chi connectivity index (χ0) is 13.0. The van der Waals surface area contributed by atoms with Gasteiger partial charge in [-0.3, -0.25) is 0 Å². The van der Waals surface area contributed by atoms with Gasteiger partial charge in [0.05, 0.1) is 5.71 Å². The van der Waals surface area contributed by atoms with Crippen molar-refractivity contribution < 1.29 is 10.3 Å². The van der Waals surface area contributed by atoms with Gasteiger partial charge in [0.2, 0.25) is 0 Å². The summed E-state index contributed by atoms with van der Waals surface area (Å²) in [4.78, 5) is 0. The summed E-state index contributed by atoms with van der Waals surface area (Å²) in [5, 5.41) is 22.6. The van der Waals surface area contributed by atoms with Crippen LogP contribution in [0.25, 0.3) is 0 Å². The molecule has 0 fully saturated rings. The first kappa shape index (κ1) is 12.5. The zero-order valence-electron chi connectivity index (χ0n) is 9.55. The summed E-state index contributed by atoms with van der Waals surface area (Å²) in [6.45, 7) is 0. The zero-order valence-corrected chi connectivity index (χ0v) is 10.3. The molecule has 0 aliphatic carbocycles. The molecule has 2 aromatic rings. The highest BCUT2D eigenvalue weighted by Gasteiger charge is 2.11. The third kappa shape index (κ3) is 2.81. The van der Waals surface area contributed by atoms with Crippen molar-refractivity contribution in [3.8, 4) is 5.75 Å². The van der Waals surface area contributed by atoms with Crippen LogP contribution in [0.15, 0.2) is 53.7 Å². The van der Waals surface area contributed by atoms with Crippen LogP contribution in [0.4, 0.5) is 0 Å². The molecule has 2 rings (SSSR count). The number of hydrogen-bond donors (Lipinski definition) is 2. The average molecular weight is 262 g/mol. The minimum Gasteiger partial charge on any atom is -0.507 e. The number of rotatable bonds is 3. The van der Waals surface area contributed by atoms with E-state index < -0.39 is 0 Å². The Labute approximate surface area is 110 Å². The number of nitrogens with zero attached hydrogens (tertiary/aromatic N) is 1. The van der Waals surface area contributed by atoms with Crippen LogP contribution in [-0.4, -0.2) is 16.0 Å². The van der Waals surface area contributed by atoms with E-state index in [4.69, 9.17) is 16.8 Å². The number of oxime groups is 1. The summed E-state index contributed by atoms with van der Waals surface area (Å²) in [6.07, 6.45) is 0.422. The Morgan fingerprint density at radius 3 is 2.50 bits per heavy atom. The van der Waals surface area contributed by atoms with Gasteiger partial charge in [-0.05, 0) is 23.8 Å². The Balaban J connectivity index is 2.32. The number of phenols is 1. The third-order valence-electron chi connectivity index (χ3n) is 2.60. The topological polar surface area (TPSA) is 52.8 Å². The fourth-order valence-electron chi connectivity index (χ4n) is 1.71. The molecular formula is C14H12ClNO2. The van der Waals surface area contributed by atoms with Gasteiger partial charge in [0.15, 0.2) is 0 Å². The Hall–Kier alpha value is -2.00. The Morgan fingerprint density at radius 1 is 1.11 bits per heavy atom. The first-order valence-corrected chi connectivity index (χ1v) is 5.82. The Morgan fingerprint density at radius 2 is 1.83 bits per heavy atom. The number of halogens is 1. The second-order valence-electron chi connectivity index (χ2n) is 3.87. The van der Waals surface area contributed by atoms with Gasteiger partial charge in [-0.25, -0.2) is 0 Å². The van der Waals surface area contributed by atoms with Crippen LogP contribution in [0.3, 0.4) is 0 Å². The van der Waals surface area contributed by atoms with Crippen LogP contribution >= 0.6 is 11.6 Å². The molecule has 18 heavy (non-hydrogen) atoms. The second kappa shape index (κ2) is 5.56. The predicted octanol–water partition coefficient (Wildman–Crippen LogP) is 3.47. The highest BCUT2D eigenvalue weighted by molar-refractivity contribution is 6.31. The Bertz CT molecular complexity index is 567. The highest BCUT2D eigenvalue weighted by Crippen LogP contribution is 2.23. The lowest BCUT2D eigenvalue weighted by Crippen LogP contribution is -2.05. The summed E-state index contributed by atoms with van der Waals surface area (Å²) >= 11 is 5.87. The van der Waals surface area contributed by atoms with Crippen molar-refractivity contribution in [3.05, 3.63) is 64.7 Å². The highest BCUT2D eigenvalue weighted by atomic mass is 35.5. The molecule has 4 heteroatoms. The maximum atomic E-state index is 9.76. The van der Waals surface area contributed by atoms with Crippen molar-refractivity contribution >= 4 is 17.3 Å².